The summed E-state index contributed by atoms with van der Waals surface area (Å²) in [5, 5.41) is 0. The maximum Gasteiger partial charge on any atom is 0.0849 e. The van der Waals surface area contributed by atoms with E-state index in [1.54, 1.807) is 0 Å². The van der Waals surface area contributed by atoms with Gasteiger partial charge in [0.2, 0.25) is 0 Å². The normalized spacial score (nSPS) is 10.5. The van der Waals surface area contributed by atoms with Gasteiger partial charge in [0.1, 0.15) is 0 Å². The summed E-state index contributed by atoms with van der Waals surface area (Å²) in [6.45, 7) is 5.15. The second-order valence-corrected chi connectivity index (χ2v) is 4.56. The van der Waals surface area contributed by atoms with E-state index in [9.17, 15) is 0 Å². The number of halogens is 2. The summed E-state index contributed by atoms with van der Waals surface area (Å²) in [7, 11) is 0.772. The monoisotopic (exact) mass is 367 g/mol. The molecule has 0 aromatic carbocycles. The zero-order valence-corrected chi connectivity index (χ0v) is 17.6. The summed E-state index contributed by atoms with van der Waals surface area (Å²) in [4.78, 5) is 0. The molecule has 1 aliphatic carbocycles. The van der Waals surface area contributed by atoms with Crippen molar-refractivity contribution in [3.63, 3.8) is 0 Å². The van der Waals surface area contributed by atoms with E-state index in [-0.39, 0.29) is 76.2 Å². The zero-order chi connectivity index (χ0) is 9.26. The molecule has 0 bridgehead atoms. The van der Waals surface area contributed by atoms with Crippen LogP contribution < -0.4 is 5.46 Å². The molecule has 0 saturated carbocycles. The Hall–Kier alpha value is 0.619. The summed E-state index contributed by atoms with van der Waals surface area (Å²) in [6, 6.07) is 0. The molecule has 118 valence electrons. The minimum absolute atomic E-state index is 0. The third-order valence-corrected chi connectivity index (χ3v) is 3.32. The van der Waals surface area contributed by atoms with E-state index in [2.05, 4.69) is 49.5 Å². The number of rotatable bonds is 2. The largest absolute Gasteiger partial charge is 0.358 e. The molecule has 5 heteroatoms. The van der Waals surface area contributed by atoms with Gasteiger partial charge >= 0.3 is 0 Å². The topological polar surface area (TPSA) is 0 Å². The van der Waals surface area contributed by atoms with Crippen molar-refractivity contribution < 1.29 is 21.7 Å². The first kappa shape index (κ1) is 37.1. The van der Waals surface area contributed by atoms with Crippen LogP contribution >= 0.6 is 33.0 Å². The van der Waals surface area contributed by atoms with E-state index in [0.717, 1.165) is 8.19 Å². The molecule has 0 fully saturated rings. The molecule has 0 amide bonds. The predicted molar refractivity (Wildman–Crippen MR) is 103 cm³/mol. The summed E-state index contributed by atoms with van der Waals surface area (Å²) in [5.74, 6) is 6.32. The van der Waals surface area contributed by atoms with Crippen LogP contribution in [0.25, 0.3) is 0 Å². The van der Waals surface area contributed by atoms with E-state index >= 15 is 0 Å². The van der Waals surface area contributed by atoms with Gasteiger partial charge in [-0.1, -0.05) is 38.0 Å². The summed E-state index contributed by atoms with van der Waals surface area (Å²) in [5.41, 5.74) is 2.91. The van der Waals surface area contributed by atoms with Crippen LogP contribution in [-0.2, 0) is 21.7 Å². The van der Waals surface area contributed by atoms with Crippen LogP contribution in [0.3, 0.4) is 0 Å². The van der Waals surface area contributed by atoms with Crippen molar-refractivity contribution in [2.75, 3.05) is 0 Å². The molecule has 1 aromatic rings. The van der Waals surface area contributed by atoms with E-state index in [0.29, 0.717) is 12.6 Å². The molecule has 0 spiro atoms. The molecule has 1 aliphatic rings. The Morgan fingerprint density at radius 2 is 1.45 bits per heavy atom. The molecular weight excluding hydrogens is 341 g/mol. The third kappa shape index (κ3) is 8.81. The van der Waals surface area contributed by atoms with E-state index < -0.39 is 0 Å². The van der Waals surface area contributed by atoms with Crippen molar-refractivity contribution in [2.24, 2.45) is 0 Å². The van der Waals surface area contributed by atoms with Crippen LogP contribution in [0.2, 0.25) is 13.6 Å². The molecule has 0 saturated heterocycles. The van der Waals surface area contributed by atoms with E-state index in [4.69, 9.17) is 0 Å². The van der Waals surface area contributed by atoms with Crippen molar-refractivity contribution in [3.05, 3.63) is 71.2 Å². The summed E-state index contributed by atoms with van der Waals surface area (Å²) in [6.07, 6.45) is 8.74. The van der Waals surface area contributed by atoms with Gasteiger partial charge in [-0.2, -0.15) is 17.2 Å². The standard InChI is InChI=1S/C11H13BP.4CH3.2ClH.Ti/c1-12(2)11-8-13-7-10(11)9-5-3-4-6-9;;;;;;;/h3-6,8-9,13H,1-2H3;4*1H3;2*1H;/q5*-1;;;. The van der Waals surface area contributed by atoms with Crippen LogP contribution in [0, 0.1) is 35.5 Å². The fourth-order valence-corrected chi connectivity index (χ4v) is 2.90. The Morgan fingerprint density at radius 3 is 1.85 bits per heavy atom. The average Bonchev–Trinajstić information content (AvgIpc) is 2.74. The van der Waals surface area contributed by atoms with Crippen molar-refractivity contribution in [3.8, 4) is 0 Å². The fourth-order valence-electron chi connectivity index (χ4n) is 1.72. The first-order chi connectivity index (χ1) is 6.29. The second kappa shape index (κ2) is 17.7. The molecule has 1 aromatic heterocycles. The van der Waals surface area contributed by atoms with Crippen molar-refractivity contribution in [1.82, 2.24) is 0 Å². The van der Waals surface area contributed by atoms with Crippen LogP contribution in [-0.4, -0.2) is 6.71 Å². The van der Waals surface area contributed by atoms with Crippen LogP contribution in [0.4, 0.5) is 0 Å². The number of hydrogen-bond acceptors (Lipinski definition) is 0. The van der Waals surface area contributed by atoms with E-state index in [1.807, 2.05) is 0 Å². The first-order valence-corrected chi connectivity index (χ1v) is 5.80. The molecule has 1 heterocycles. The second-order valence-electron chi connectivity index (χ2n) is 3.73. The Labute approximate surface area is 157 Å². The predicted octanol–water partition coefficient (Wildman–Crippen LogP) is 5.33. The average molecular weight is 368 g/mol. The fraction of sp³-hybridized carbons (Fsp3) is 0.200. The minimum atomic E-state index is 0. The van der Waals surface area contributed by atoms with Gasteiger partial charge in [0.15, 0.2) is 0 Å². The van der Waals surface area contributed by atoms with Crippen molar-refractivity contribution in [1.29, 1.82) is 0 Å². The molecule has 2 rings (SSSR count). The maximum atomic E-state index is 3.48. The Bertz CT molecular complexity index is 351. The molecule has 0 N–H and O–H groups in total. The Balaban J connectivity index is -0.0000000700. The molecule has 1 unspecified atom stereocenters. The minimum Gasteiger partial charge on any atom is -0.358 e. The maximum absolute atomic E-state index is 3.48. The van der Waals surface area contributed by atoms with Gasteiger partial charge in [-0.25, -0.2) is 5.46 Å². The van der Waals surface area contributed by atoms with Crippen molar-refractivity contribution in [2.45, 2.75) is 19.6 Å². The smallest absolute Gasteiger partial charge is 0.0849 e. The molecular formula is C15H27BCl2PTi-5. The SMILES string of the molecule is CB(C)c1c[pH][c-]c1C1C=CC=C1.Cl.Cl.[CH3-].[CH3-].[CH3-].[CH3-].[Ti]. The van der Waals surface area contributed by atoms with Gasteiger partial charge in [0.25, 0.3) is 0 Å². The molecule has 0 nitrogen and oxygen atoms in total. The Kier molecular flexibility index (Phi) is 32.8. The van der Waals surface area contributed by atoms with Gasteiger partial charge in [0, 0.05) is 21.7 Å². The molecule has 0 radical (unpaired) electrons. The third-order valence-electron chi connectivity index (χ3n) is 2.45. The van der Waals surface area contributed by atoms with Crippen LogP contribution in [0.5, 0.6) is 0 Å². The summed E-state index contributed by atoms with van der Waals surface area (Å²) < 4.78 is 0. The van der Waals surface area contributed by atoms with Gasteiger partial charge in [-0.05, 0) is 5.92 Å². The van der Waals surface area contributed by atoms with Crippen molar-refractivity contribution >= 4 is 45.2 Å². The van der Waals surface area contributed by atoms with Gasteiger partial charge in [-0.3, -0.25) is 8.19 Å². The number of hydrogen-bond donors (Lipinski definition) is 0. The zero-order valence-electron chi connectivity index (χ0n) is 13.4. The molecule has 0 aliphatic heterocycles. The van der Waals surface area contributed by atoms with Gasteiger partial charge in [0.05, 0.1) is 6.71 Å². The van der Waals surface area contributed by atoms with Gasteiger partial charge in [-0.15, -0.1) is 24.8 Å². The van der Waals surface area contributed by atoms with Gasteiger partial charge < -0.3 is 29.7 Å². The Morgan fingerprint density at radius 1 is 1.00 bits per heavy atom. The van der Waals surface area contributed by atoms with E-state index in [1.165, 1.54) is 11.0 Å². The molecule has 1 atom stereocenters. The summed E-state index contributed by atoms with van der Waals surface area (Å²) >= 11 is 0. The van der Waals surface area contributed by atoms with Crippen LogP contribution in [0.15, 0.2) is 30.1 Å². The quantitative estimate of drug-likeness (QED) is 0.489. The van der Waals surface area contributed by atoms with Crippen LogP contribution in [0.1, 0.15) is 11.5 Å². The molecule has 20 heavy (non-hydrogen) atoms. The first-order valence-electron chi connectivity index (χ1n) is 4.73. The number of allylic oxidation sites excluding steroid dienone is 4.